The average Bonchev–Trinajstić information content (AvgIpc) is 3.26. The van der Waals surface area contributed by atoms with Crippen LogP contribution in [0, 0.1) is 5.41 Å². The van der Waals surface area contributed by atoms with Crippen LogP contribution in [0.2, 0.25) is 0 Å². The van der Waals surface area contributed by atoms with Crippen molar-refractivity contribution in [1.82, 2.24) is 14.4 Å². The molecule has 2 aromatic rings. The predicted octanol–water partition coefficient (Wildman–Crippen LogP) is 3.20. The highest BCUT2D eigenvalue weighted by Gasteiger charge is 2.53. The molecule has 0 N–H and O–H groups in total. The lowest BCUT2D eigenvalue weighted by Gasteiger charge is -2.60. The predicted molar refractivity (Wildman–Crippen MR) is 131 cm³/mol. The zero-order valence-corrected chi connectivity index (χ0v) is 20.1. The first-order valence-electron chi connectivity index (χ1n) is 12.0. The number of pyridine rings is 1. The summed E-state index contributed by atoms with van der Waals surface area (Å²) >= 11 is 0. The number of aromatic nitrogens is 1. The molecule has 1 spiro atoms. The van der Waals surface area contributed by atoms with Crippen molar-refractivity contribution in [2.75, 3.05) is 33.3 Å². The molecular weight excluding hydrogens is 430 g/mol. The number of nitrogens with zero attached hydrogens (tertiary/aromatic N) is 3. The maximum Gasteiger partial charge on any atom is 0.254 e. The number of likely N-dealkylation sites (tertiary alicyclic amines) is 2. The first-order chi connectivity index (χ1) is 16.4. The van der Waals surface area contributed by atoms with E-state index in [9.17, 15) is 14.4 Å². The van der Waals surface area contributed by atoms with Crippen LogP contribution in [-0.4, -0.2) is 59.5 Å². The second-order valence-corrected chi connectivity index (χ2v) is 9.84. The SMILES string of the molecule is CCCCn1cc(-c2cc(C(=O)N3CC4(CN(C(C)=O)C4)C3)ccc2OC)c2c(c1=O)CC=C2. The van der Waals surface area contributed by atoms with Gasteiger partial charge in [-0.2, -0.15) is 0 Å². The largest absolute Gasteiger partial charge is 0.496 e. The van der Waals surface area contributed by atoms with Crippen LogP contribution in [-0.2, 0) is 17.8 Å². The summed E-state index contributed by atoms with van der Waals surface area (Å²) in [5, 5.41) is 0. The third-order valence-corrected chi connectivity index (χ3v) is 7.35. The second-order valence-electron chi connectivity index (χ2n) is 9.84. The number of fused-ring (bicyclic) bond motifs is 1. The van der Waals surface area contributed by atoms with Gasteiger partial charge in [-0.3, -0.25) is 14.4 Å². The number of methoxy groups -OCH3 is 1. The van der Waals surface area contributed by atoms with E-state index in [0.717, 1.165) is 48.2 Å². The van der Waals surface area contributed by atoms with E-state index in [-0.39, 0.29) is 22.8 Å². The fraction of sp³-hybridized carbons (Fsp3) is 0.444. The normalized spacial score (nSPS) is 17.4. The van der Waals surface area contributed by atoms with Crippen LogP contribution < -0.4 is 10.3 Å². The Morgan fingerprint density at radius 3 is 2.50 bits per heavy atom. The smallest absolute Gasteiger partial charge is 0.254 e. The maximum atomic E-state index is 13.3. The van der Waals surface area contributed by atoms with Crippen LogP contribution in [0.4, 0.5) is 0 Å². The van der Waals surface area contributed by atoms with Gasteiger partial charge >= 0.3 is 0 Å². The molecule has 0 bridgehead atoms. The van der Waals surface area contributed by atoms with Gasteiger partial charge in [-0.05, 0) is 36.6 Å². The lowest BCUT2D eigenvalue weighted by Crippen LogP contribution is -2.73. The summed E-state index contributed by atoms with van der Waals surface area (Å²) in [4.78, 5) is 41.5. The highest BCUT2D eigenvalue weighted by atomic mass is 16.5. The minimum absolute atomic E-state index is 0.0118. The molecule has 2 fully saturated rings. The summed E-state index contributed by atoms with van der Waals surface area (Å²) in [5.41, 5.74) is 4.20. The summed E-state index contributed by atoms with van der Waals surface area (Å²) in [6.45, 7) is 7.19. The number of benzene rings is 1. The highest BCUT2D eigenvalue weighted by Crippen LogP contribution is 2.41. The van der Waals surface area contributed by atoms with Gasteiger partial charge in [0.2, 0.25) is 5.91 Å². The van der Waals surface area contributed by atoms with Gasteiger partial charge in [0, 0.05) is 73.5 Å². The number of carbonyl (C=O) groups is 2. The van der Waals surface area contributed by atoms with Gasteiger partial charge in [0.15, 0.2) is 0 Å². The van der Waals surface area contributed by atoms with Crippen molar-refractivity contribution < 1.29 is 14.3 Å². The number of aryl methyl sites for hydroxylation is 1. The van der Waals surface area contributed by atoms with Gasteiger partial charge in [-0.15, -0.1) is 0 Å². The van der Waals surface area contributed by atoms with E-state index in [1.165, 1.54) is 0 Å². The van der Waals surface area contributed by atoms with Crippen molar-refractivity contribution in [2.24, 2.45) is 5.41 Å². The molecule has 34 heavy (non-hydrogen) atoms. The minimum atomic E-state index is -0.0118. The molecule has 7 nitrogen and oxygen atoms in total. The van der Waals surface area contributed by atoms with Gasteiger partial charge in [0.25, 0.3) is 11.5 Å². The van der Waals surface area contributed by atoms with Crippen LogP contribution in [0.5, 0.6) is 5.75 Å². The third kappa shape index (κ3) is 3.63. The lowest BCUT2D eigenvalue weighted by molar-refractivity contribution is -0.152. The summed E-state index contributed by atoms with van der Waals surface area (Å²) in [5.74, 6) is 0.760. The fourth-order valence-electron chi connectivity index (χ4n) is 5.45. The fourth-order valence-corrected chi connectivity index (χ4v) is 5.45. The molecule has 0 radical (unpaired) electrons. The van der Waals surface area contributed by atoms with Crippen molar-refractivity contribution >= 4 is 17.9 Å². The Hall–Kier alpha value is -3.35. The summed E-state index contributed by atoms with van der Waals surface area (Å²) in [6.07, 6.45) is 8.50. The van der Waals surface area contributed by atoms with Crippen molar-refractivity contribution in [3.8, 4) is 16.9 Å². The van der Waals surface area contributed by atoms with E-state index in [4.69, 9.17) is 4.74 Å². The third-order valence-electron chi connectivity index (χ3n) is 7.35. The standard InChI is InChI=1S/C27H31N3O4/c1-4-5-11-28-13-23(20-7-6-8-21(20)26(28)33)22-12-19(9-10-24(22)34-3)25(32)30-16-27(17-30)14-29(15-27)18(2)31/h6-7,9-10,12-13H,4-5,8,11,14-17H2,1-3H3. The van der Waals surface area contributed by atoms with Gasteiger partial charge < -0.3 is 19.1 Å². The Kier molecular flexibility index (Phi) is 5.58. The monoisotopic (exact) mass is 461 g/mol. The van der Waals surface area contributed by atoms with E-state index in [1.807, 2.05) is 46.3 Å². The van der Waals surface area contributed by atoms with Crippen molar-refractivity contribution in [1.29, 1.82) is 0 Å². The number of ether oxygens (including phenoxy) is 1. The van der Waals surface area contributed by atoms with Crippen LogP contribution in [0.25, 0.3) is 17.2 Å². The molecule has 1 aliphatic carbocycles. The molecule has 178 valence electrons. The second kappa shape index (κ2) is 8.46. The number of hydrogen-bond acceptors (Lipinski definition) is 4. The topological polar surface area (TPSA) is 71.8 Å². The number of unbranched alkanes of at least 4 members (excludes halogenated alkanes) is 1. The number of hydrogen-bond donors (Lipinski definition) is 0. The van der Waals surface area contributed by atoms with Crippen molar-refractivity contribution in [2.45, 2.75) is 39.7 Å². The molecule has 3 heterocycles. The van der Waals surface area contributed by atoms with Gasteiger partial charge in [0.1, 0.15) is 5.75 Å². The average molecular weight is 462 g/mol. The lowest BCUT2D eigenvalue weighted by atomic mass is 9.72. The quantitative estimate of drug-likeness (QED) is 0.662. The van der Waals surface area contributed by atoms with Crippen LogP contribution in [0.15, 0.2) is 35.3 Å². The molecular formula is C27H31N3O4. The Labute approximate surface area is 199 Å². The number of allylic oxidation sites excluding steroid dienone is 1. The Bertz CT molecular complexity index is 1250. The zero-order valence-electron chi connectivity index (χ0n) is 20.1. The first-order valence-corrected chi connectivity index (χ1v) is 12.0. The number of carbonyl (C=O) groups excluding carboxylic acids is 2. The van der Waals surface area contributed by atoms with Crippen LogP contribution in [0.1, 0.15) is 48.2 Å². The van der Waals surface area contributed by atoms with E-state index in [1.54, 1.807) is 18.6 Å². The van der Waals surface area contributed by atoms with Gasteiger partial charge in [-0.1, -0.05) is 25.5 Å². The van der Waals surface area contributed by atoms with Gasteiger partial charge in [-0.25, -0.2) is 0 Å². The molecule has 0 unspecified atom stereocenters. The number of amides is 2. The van der Waals surface area contributed by atoms with Crippen LogP contribution in [0.3, 0.4) is 0 Å². The molecule has 2 saturated heterocycles. The molecule has 5 rings (SSSR count). The molecule has 2 amide bonds. The molecule has 1 aromatic heterocycles. The summed E-state index contributed by atoms with van der Waals surface area (Å²) in [7, 11) is 1.63. The minimum Gasteiger partial charge on any atom is -0.496 e. The zero-order chi connectivity index (χ0) is 24.0. The summed E-state index contributed by atoms with van der Waals surface area (Å²) < 4.78 is 7.47. The molecule has 0 atom stereocenters. The van der Waals surface area contributed by atoms with E-state index >= 15 is 0 Å². The molecule has 2 aliphatic heterocycles. The molecule has 1 aromatic carbocycles. The maximum absolute atomic E-state index is 13.3. The van der Waals surface area contributed by atoms with E-state index in [0.29, 0.717) is 37.4 Å². The van der Waals surface area contributed by atoms with E-state index < -0.39 is 0 Å². The molecule has 3 aliphatic rings. The Morgan fingerprint density at radius 1 is 1.09 bits per heavy atom. The first kappa shape index (κ1) is 22.4. The van der Waals surface area contributed by atoms with E-state index in [2.05, 4.69) is 6.92 Å². The highest BCUT2D eigenvalue weighted by molar-refractivity contribution is 5.97. The Morgan fingerprint density at radius 2 is 1.82 bits per heavy atom. The Balaban J connectivity index is 1.45. The summed E-state index contributed by atoms with van der Waals surface area (Å²) in [6, 6.07) is 5.54. The van der Waals surface area contributed by atoms with Gasteiger partial charge in [0.05, 0.1) is 7.11 Å². The van der Waals surface area contributed by atoms with Crippen molar-refractivity contribution in [3.63, 3.8) is 0 Å². The van der Waals surface area contributed by atoms with Crippen molar-refractivity contribution in [3.05, 3.63) is 57.5 Å². The number of rotatable bonds is 6. The molecule has 7 heteroatoms. The van der Waals surface area contributed by atoms with Crippen LogP contribution >= 0.6 is 0 Å². The molecule has 0 saturated carbocycles.